The molecule has 5 heteroatoms. The van der Waals surface area contributed by atoms with E-state index in [1.807, 2.05) is 0 Å². The van der Waals surface area contributed by atoms with Gasteiger partial charge in [0.1, 0.15) is 11.0 Å². The SMILES string of the molecule is CCCCN1CCCCC1CNc1cncc(Cl)n1. The molecular weight excluding hydrogens is 260 g/mol. The summed E-state index contributed by atoms with van der Waals surface area (Å²) in [4.78, 5) is 10.9. The van der Waals surface area contributed by atoms with Gasteiger partial charge in [-0.1, -0.05) is 31.4 Å². The Bertz CT molecular complexity index is 385. The van der Waals surface area contributed by atoms with Gasteiger partial charge in [0.05, 0.1) is 12.4 Å². The molecule has 1 aromatic heterocycles. The van der Waals surface area contributed by atoms with E-state index in [1.165, 1.54) is 45.2 Å². The lowest BCUT2D eigenvalue weighted by molar-refractivity contribution is 0.154. The van der Waals surface area contributed by atoms with Gasteiger partial charge in [-0.3, -0.25) is 9.88 Å². The lowest BCUT2D eigenvalue weighted by atomic mass is 10.0. The second kappa shape index (κ2) is 7.65. The maximum Gasteiger partial charge on any atom is 0.149 e. The second-order valence-corrected chi connectivity index (χ2v) is 5.53. The van der Waals surface area contributed by atoms with Crippen molar-refractivity contribution in [1.29, 1.82) is 0 Å². The van der Waals surface area contributed by atoms with Crippen LogP contribution in [0.15, 0.2) is 12.4 Å². The Balaban J connectivity index is 1.85. The fourth-order valence-corrected chi connectivity index (χ4v) is 2.74. The fourth-order valence-electron chi connectivity index (χ4n) is 2.60. The Kier molecular flexibility index (Phi) is 5.86. The third-order valence-electron chi connectivity index (χ3n) is 3.67. The predicted molar refractivity (Wildman–Crippen MR) is 79.7 cm³/mol. The first-order valence-corrected chi connectivity index (χ1v) is 7.63. The van der Waals surface area contributed by atoms with Gasteiger partial charge in [0.2, 0.25) is 0 Å². The van der Waals surface area contributed by atoms with Gasteiger partial charge in [-0.2, -0.15) is 0 Å². The topological polar surface area (TPSA) is 41.0 Å². The molecule has 1 unspecified atom stereocenters. The molecule has 0 spiro atoms. The normalized spacial score (nSPS) is 20.4. The summed E-state index contributed by atoms with van der Waals surface area (Å²) in [6, 6.07) is 0.612. The van der Waals surface area contributed by atoms with Crippen molar-refractivity contribution in [2.45, 2.75) is 45.1 Å². The zero-order chi connectivity index (χ0) is 13.5. The second-order valence-electron chi connectivity index (χ2n) is 5.15. The molecule has 1 N–H and O–H groups in total. The van der Waals surface area contributed by atoms with E-state index >= 15 is 0 Å². The Morgan fingerprint density at radius 1 is 1.42 bits per heavy atom. The summed E-state index contributed by atoms with van der Waals surface area (Å²) in [5.41, 5.74) is 0. The number of halogens is 1. The standard InChI is InChI=1S/C14H23ClN4/c1-2-3-7-19-8-5-4-6-12(19)9-17-14-11-16-10-13(15)18-14/h10-12H,2-9H2,1H3,(H,17,18). The summed E-state index contributed by atoms with van der Waals surface area (Å²) >= 11 is 5.84. The fraction of sp³-hybridized carbons (Fsp3) is 0.714. The van der Waals surface area contributed by atoms with E-state index in [9.17, 15) is 0 Å². The molecule has 0 radical (unpaired) electrons. The van der Waals surface area contributed by atoms with Crippen molar-refractivity contribution in [3.05, 3.63) is 17.5 Å². The molecule has 1 aliphatic heterocycles. The molecule has 0 amide bonds. The Morgan fingerprint density at radius 2 is 2.32 bits per heavy atom. The molecule has 1 aliphatic rings. The molecule has 4 nitrogen and oxygen atoms in total. The van der Waals surface area contributed by atoms with Crippen molar-refractivity contribution >= 4 is 17.4 Å². The number of nitrogens with one attached hydrogen (secondary N) is 1. The number of nitrogens with zero attached hydrogens (tertiary/aromatic N) is 3. The average Bonchev–Trinajstić information content (AvgIpc) is 2.44. The van der Waals surface area contributed by atoms with E-state index in [-0.39, 0.29) is 0 Å². The molecule has 0 bridgehead atoms. The van der Waals surface area contributed by atoms with Gasteiger partial charge < -0.3 is 5.32 Å². The third-order valence-corrected chi connectivity index (χ3v) is 3.85. The predicted octanol–water partition coefficient (Wildman–Crippen LogP) is 3.20. The van der Waals surface area contributed by atoms with Crippen molar-refractivity contribution in [2.24, 2.45) is 0 Å². The molecule has 19 heavy (non-hydrogen) atoms. The summed E-state index contributed by atoms with van der Waals surface area (Å²) in [5, 5.41) is 3.80. The van der Waals surface area contributed by atoms with Crippen LogP contribution < -0.4 is 5.32 Å². The summed E-state index contributed by atoms with van der Waals surface area (Å²) in [7, 11) is 0. The lowest BCUT2D eigenvalue weighted by Crippen LogP contribution is -2.44. The van der Waals surface area contributed by atoms with E-state index in [1.54, 1.807) is 12.4 Å². The lowest BCUT2D eigenvalue weighted by Gasteiger charge is -2.35. The highest BCUT2D eigenvalue weighted by atomic mass is 35.5. The highest BCUT2D eigenvalue weighted by Gasteiger charge is 2.21. The summed E-state index contributed by atoms with van der Waals surface area (Å²) < 4.78 is 0. The largest absolute Gasteiger partial charge is 0.367 e. The van der Waals surface area contributed by atoms with Crippen LogP contribution in [0, 0.1) is 0 Å². The molecule has 1 saturated heterocycles. The van der Waals surface area contributed by atoms with E-state index in [0.717, 1.165) is 12.4 Å². The van der Waals surface area contributed by atoms with Crippen molar-refractivity contribution < 1.29 is 0 Å². The first-order valence-electron chi connectivity index (χ1n) is 7.25. The highest BCUT2D eigenvalue weighted by molar-refractivity contribution is 6.29. The minimum Gasteiger partial charge on any atom is -0.367 e. The van der Waals surface area contributed by atoms with Crippen LogP contribution in [-0.4, -0.2) is 40.5 Å². The average molecular weight is 283 g/mol. The van der Waals surface area contributed by atoms with Crippen LogP contribution in [-0.2, 0) is 0 Å². The smallest absolute Gasteiger partial charge is 0.149 e. The summed E-state index contributed by atoms with van der Waals surface area (Å²) in [6.07, 6.45) is 9.76. The van der Waals surface area contributed by atoms with Crippen LogP contribution in [0.4, 0.5) is 5.82 Å². The Morgan fingerprint density at radius 3 is 3.11 bits per heavy atom. The number of likely N-dealkylation sites (tertiary alicyclic amines) is 1. The highest BCUT2D eigenvalue weighted by Crippen LogP contribution is 2.18. The summed E-state index contributed by atoms with van der Waals surface area (Å²) in [5.74, 6) is 0.772. The van der Waals surface area contributed by atoms with Crippen LogP contribution in [0.1, 0.15) is 39.0 Å². The monoisotopic (exact) mass is 282 g/mol. The van der Waals surface area contributed by atoms with Crippen molar-refractivity contribution in [3.8, 4) is 0 Å². The number of hydrogen-bond donors (Lipinski definition) is 1. The molecule has 1 atom stereocenters. The van der Waals surface area contributed by atoms with Gasteiger partial charge in [-0.25, -0.2) is 4.98 Å². The molecule has 2 heterocycles. The van der Waals surface area contributed by atoms with Crippen molar-refractivity contribution in [2.75, 3.05) is 25.0 Å². The maximum absolute atomic E-state index is 5.84. The Hall–Kier alpha value is -0.870. The number of aromatic nitrogens is 2. The first-order chi connectivity index (χ1) is 9.29. The summed E-state index contributed by atoms with van der Waals surface area (Å²) in [6.45, 7) is 5.62. The van der Waals surface area contributed by atoms with Gasteiger partial charge in [0.25, 0.3) is 0 Å². The van der Waals surface area contributed by atoms with Gasteiger partial charge in [0.15, 0.2) is 0 Å². The molecule has 0 aromatic carbocycles. The zero-order valence-corrected chi connectivity index (χ0v) is 12.4. The van der Waals surface area contributed by atoms with Crippen LogP contribution in [0.25, 0.3) is 0 Å². The van der Waals surface area contributed by atoms with Crippen molar-refractivity contribution in [3.63, 3.8) is 0 Å². The minimum atomic E-state index is 0.441. The Labute approximate surface area is 120 Å². The molecule has 1 fully saturated rings. The van der Waals surface area contributed by atoms with Crippen LogP contribution >= 0.6 is 11.6 Å². The van der Waals surface area contributed by atoms with E-state index in [0.29, 0.717) is 11.2 Å². The van der Waals surface area contributed by atoms with Gasteiger partial charge in [-0.15, -0.1) is 0 Å². The maximum atomic E-state index is 5.84. The third kappa shape index (κ3) is 4.62. The molecular formula is C14H23ClN4. The molecule has 0 saturated carbocycles. The van der Waals surface area contributed by atoms with Gasteiger partial charge >= 0.3 is 0 Å². The van der Waals surface area contributed by atoms with E-state index in [2.05, 4.69) is 27.1 Å². The molecule has 106 valence electrons. The quantitative estimate of drug-likeness (QED) is 0.870. The minimum absolute atomic E-state index is 0.441. The first kappa shape index (κ1) is 14.5. The van der Waals surface area contributed by atoms with Crippen LogP contribution in [0.2, 0.25) is 5.15 Å². The van der Waals surface area contributed by atoms with E-state index in [4.69, 9.17) is 11.6 Å². The number of rotatable bonds is 6. The number of unbranched alkanes of at least 4 members (excludes halogenated alkanes) is 1. The van der Waals surface area contributed by atoms with Gasteiger partial charge in [0, 0.05) is 12.6 Å². The number of hydrogen-bond acceptors (Lipinski definition) is 4. The number of piperidine rings is 1. The van der Waals surface area contributed by atoms with Gasteiger partial charge in [-0.05, 0) is 32.4 Å². The zero-order valence-electron chi connectivity index (χ0n) is 11.6. The van der Waals surface area contributed by atoms with E-state index < -0.39 is 0 Å². The molecule has 1 aromatic rings. The molecule has 0 aliphatic carbocycles. The van der Waals surface area contributed by atoms with Crippen LogP contribution in [0.5, 0.6) is 0 Å². The van der Waals surface area contributed by atoms with Crippen LogP contribution in [0.3, 0.4) is 0 Å². The van der Waals surface area contributed by atoms with Crippen molar-refractivity contribution in [1.82, 2.24) is 14.9 Å². The molecule has 2 rings (SSSR count). The number of anilines is 1.